The van der Waals surface area contributed by atoms with Crippen molar-refractivity contribution in [3.63, 3.8) is 0 Å². The lowest BCUT2D eigenvalue weighted by molar-refractivity contribution is 0.0728. The van der Waals surface area contributed by atoms with Crippen molar-refractivity contribution in [2.45, 2.75) is 29.6 Å². The van der Waals surface area contributed by atoms with Crippen LogP contribution in [0.2, 0.25) is 5.02 Å². The predicted molar refractivity (Wildman–Crippen MR) is 68.6 cm³/mol. The molecule has 1 aromatic rings. The fourth-order valence-corrected chi connectivity index (χ4v) is 3.53. The lowest BCUT2D eigenvalue weighted by Crippen LogP contribution is -2.15. The zero-order valence-electron chi connectivity index (χ0n) is 8.21. The fraction of sp³-hybridized carbons (Fsp3) is 0.455. The Balaban J connectivity index is 2.03. The lowest BCUT2D eigenvalue weighted by atomic mass is 10.2. The molecule has 0 aliphatic carbocycles. The third kappa shape index (κ3) is 3.38. The zero-order valence-corrected chi connectivity index (χ0v) is 11.4. The summed E-state index contributed by atoms with van der Waals surface area (Å²) in [6, 6.07) is 5.87. The van der Waals surface area contributed by atoms with Crippen LogP contribution in [0, 0.1) is 0 Å². The standard InChI is InChI=1S/C11H12BrClOS/c12-9-7-8(13)4-5-10(9)15-11-3-1-2-6-14-11/h4-5,7,11H,1-3,6H2. The summed E-state index contributed by atoms with van der Waals surface area (Å²) in [5, 5.41) is 0.760. The summed E-state index contributed by atoms with van der Waals surface area (Å²) in [4.78, 5) is 1.20. The maximum Gasteiger partial charge on any atom is 0.107 e. The zero-order chi connectivity index (χ0) is 10.7. The monoisotopic (exact) mass is 306 g/mol. The molecule has 1 aliphatic rings. The summed E-state index contributed by atoms with van der Waals surface area (Å²) < 4.78 is 6.73. The van der Waals surface area contributed by atoms with Crippen LogP contribution in [-0.2, 0) is 4.74 Å². The van der Waals surface area contributed by atoms with E-state index in [0.717, 1.165) is 22.5 Å². The molecule has 0 amide bonds. The Morgan fingerprint density at radius 1 is 1.40 bits per heavy atom. The van der Waals surface area contributed by atoms with Crippen molar-refractivity contribution < 1.29 is 4.74 Å². The number of rotatable bonds is 2. The SMILES string of the molecule is Clc1ccc(SC2CCCCO2)c(Br)c1. The van der Waals surface area contributed by atoms with Crippen LogP contribution in [0.25, 0.3) is 0 Å². The van der Waals surface area contributed by atoms with Gasteiger partial charge in [-0.25, -0.2) is 0 Å². The van der Waals surface area contributed by atoms with Crippen molar-refractivity contribution in [2.75, 3.05) is 6.61 Å². The van der Waals surface area contributed by atoms with Crippen LogP contribution in [0.1, 0.15) is 19.3 Å². The number of ether oxygens (including phenoxy) is 1. The van der Waals surface area contributed by atoms with Crippen molar-refractivity contribution in [2.24, 2.45) is 0 Å². The molecule has 1 aliphatic heterocycles. The van der Waals surface area contributed by atoms with Gasteiger partial charge in [0.15, 0.2) is 0 Å². The van der Waals surface area contributed by atoms with Gasteiger partial charge in [-0.3, -0.25) is 0 Å². The average Bonchev–Trinajstić information content (AvgIpc) is 2.24. The first kappa shape index (κ1) is 11.8. The van der Waals surface area contributed by atoms with Crippen LogP contribution in [0.15, 0.2) is 27.6 Å². The number of hydrogen-bond donors (Lipinski definition) is 0. The quantitative estimate of drug-likeness (QED) is 0.782. The predicted octanol–water partition coefficient (Wildman–Crippen LogP) is 4.72. The normalized spacial score (nSPS) is 21.6. The van der Waals surface area contributed by atoms with Gasteiger partial charge in [0.25, 0.3) is 0 Å². The van der Waals surface area contributed by atoms with E-state index in [1.807, 2.05) is 18.2 Å². The summed E-state index contributed by atoms with van der Waals surface area (Å²) in [7, 11) is 0. The van der Waals surface area contributed by atoms with Gasteiger partial charge in [0.1, 0.15) is 5.44 Å². The number of benzene rings is 1. The van der Waals surface area contributed by atoms with Gasteiger partial charge in [-0.05, 0) is 53.4 Å². The van der Waals surface area contributed by atoms with Gasteiger partial charge in [-0.15, -0.1) is 0 Å². The molecule has 0 N–H and O–H groups in total. The van der Waals surface area contributed by atoms with Gasteiger partial charge in [0.05, 0.1) is 0 Å². The molecule has 1 unspecified atom stereocenters. The summed E-state index contributed by atoms with van der Waals surface area (Å²) >= 11 is 11.2. The van der Waals surface area contributed by atoms with Crippen molar-refractivity contribution in [3.05, 3.63) is 27.7 Å². The first-order chi connectivity index (χ1) is 7.25. The highest BCUT2D eigenvalue weighted by molar-refractivity contribution is 9.10. The summed E-state index contributed by atoms with van der Waals surface area (Å²) in [5.74, 6) is 0. The molecule has 1 fully saturated rings. The molecule has 0 aromatic heterocycles. The van der Waals surface area contributed by atoms with Crippen LogP contribution < -0.4 is 0 Å². The minimum Gasteiger partial charge on any atom is -0.367 e. The molecule has 15 heavy (non-hydrogen) atoms. The maximum absolute atomic E-state index is 5.89. The Morgan fingerprint density at radius 2 is 2.27 bits per heavy atom. The van der Waals surface area contributed by atoms with E-state index >= 15 is 0 Å². The first-order valence-electron chi connectivity index (χ1n) is 4.99. The highest BCUT2D eigenvalue weighted by Crippen LogP contribution is 2.35. The largest absolute Gasteiger partial charge is 0.367 e. The highest BCUT2D eigenvalue weighted by atomic mass is 79.9. The molecule has 1 atom stereocenters. The van der Waals surface area contributed by atoms with E-state index in [-0.39, 0.29) is 0 Å². The van der Waals surface area contributed by atoms with Crippen LogP contribution in [0.4, 0.5) is 0 Å². The summed E-state index contributed by atoms with van der Waals surface area (Å²) in [6.07, 6.45) is 3.60. The fourth-order valence-electron chi connectivity index (χ4n) is 1.52. The van der Waals surface area contributed by atoms with Gasteiger partial charge < -0.3 is 4.74 Å². The van der Waals surface area contributed by atoms with Gasteiger partial charge >= 0.3 is 0 Å². The minimum absolute atomic E-state index is 0.302. The molecular formula is C11H12BrClOS. The molecule has 1 aromatic carbocycles. The second-order valence-electron chi connectivity index (χ2n) is 3.49. The Kier molecular flexibility index (Phi) is 4.38. The topological polar surface area (TPSA) is 9.23 Å². The molecule has 82 valence electrons. The summed E-state index contributed by atoms with van der Waals surface area (Å²) in [5.41, 5.74) is 0.302. The molecule has 2 rings (SSSR count). The van der Waals surface area contributed by atoms with Crippen molar-refractivity contribution in [1.29, 1.82) is 0 Å². The first-order valence-corrected chi connectivity index (χ1v) is 7.04. The van der Waals surface area contributed by atoms with Crippen molar-refractivity contribution >= 4 is 39.3 Å². The molecule has 1 heterocycles. The highest BCUT2D eigenvalue weighted by Gasteiger charge is 2.16. The molecular weight excluding hydrogens is 296 g/mol. The second-order valence-corrected chi connectivity index (χ2v) is 5.98. The third-order valence-corrected chi connectivity index (χ3v) is 4.69. The van der Waals surface area contributed by atoms with Crippen molar-refractivity contribution in [1.82, 2.24) is 0 Å². The third-order valence-electron chi connectivity index (χ3n) is 2.29. The van der Waals surface area contributed by atoms with Gasteiger partial charge in [0, 0.05) is 21.0 Å². The van der Waals surface area contributed by atoms with E-state index in [1.54, 1.807) is 11.8 Å². The molecule has 0 bridgehead atoms. The van der Waals surface area contributed by atoms with E-state index in [0.29, 0.717) is 5.44 Å². The van der Waals surface area contributed by atoms with E-state index < -0.39 is 0 Å². The molecule has 0 radical (unpaired) electrons. The van der Waals surface area contributed by atoms with E-state index in [9.17, 15) is 0 Å². The van der Waals surface area contributed by atoms with Crippen molar-refractivity contribution in [3.8, 4) is 0 Å². The van der Waals surface area contributed by atoms with E-state index in [1.165, 1.54) is 17.7 Å². The molecule has 0 spiro atoms. The van der Waals surface area contributed by atoms with Crippen LogP contribution in [0.5, 0.6) is 0 Å². The summed E-state index contributed by atoms with van der Waals surface area (Å²) in [6.45, 7) is 0.892. The van der Waals surface area contributed by atoms with Crippen LogP contribution in [0.3, 0.4) is 0 Å². The lowest BCUT2D eigenvalue weighted by Gasteiger charge is -2.22. The van der Waals surface area contributed by atoms with Gasteiger partial charge in [0.2, 0.25) is 0 Å². The second kappa shape index (κ2) is 5.58. The van der Waals surface area contributed by atoms with Gasteiger partial charge in [-0.1, -0.05) is 23.4 Å². The van der Waals surface area contributed by atoms with E-state index in [2.05, 4.69) is 15.9 Å². The van der Waals surface area contributed by atoms with Gasteiger partial charge in [-0.2, -0.15) is 0 Å². The number of thioether (sulfide) groups is 1. The Bertz CT molecular complexity index is 339. The van der Waals surface area contributed by atoms with E-state index in [4.69, 9.17) is 16.3 Å². The number of hydrogen-bond acceptors (Lipinski definition) is 2. The average molecular weight is 308 g/mol. The van der Waals surface area contributed by atoms with Crippen LogP contribution in [-0.4, -0.2) is 12.0 Å². The minimum atomic E-state index is 0.302. The maximum atomic E-state index is 5.89. The molecule has 0 saturated carbocycles. The van der Waals surface area contributed by atoms with Crippen LogP contribution >= 0.6 is 39.3 Å². The molecule has 4 heteroatoms. The molecule has 1 nitrogen and oxygen atoms in total. The number of halogens is 2. The Morgan fingerprint density at radius 3 is 2.93 bits per heavy atom. The molecule has 1 saturated heterocycles. The Labute approximate surface area is 108 Å². The Hall–Kier alpha value is 0.300. The smallest absolute Gasteiger partial charge is 0.107 e.